The number of amides is 1. The molecule has 1 saturated carbocycles. The van der Waals surface area contributed by atoms with Crippen molar-refractivity contribution in [1.82, 2.24) is 9.96 Å². The molecule has 1 saturated heterocycles. The van der Waals surface area contributed by atoms with Crippen LogP contribution in [0.25, 0.3) is 0 Å². The van der Waals surface area contributed by atoms with Crippen molar-refractivity contribution in [2.24, 2.45) is 5.92 Å². The molecule has 0 N–H and O–H groups in total. The number of nitrogens with zero attached hydrogens (tertiary/aromatic N) is 2. The predicted octanol–water partition coefficient (Wildman–Crippen LogP) is 1.93. The monoisotopic (exact) mass is 442 g/mol. The highest BCUT2D eigenvalue weighted by Crippen LogP contribution is 2.28. The van der Waals surface area contributed by atoms with Gasteiger partial charge in [-0.3, -0.25) is 14.4 Å². The van der Waals surface area contributed by atoms with Crippen LogP contribution in [0.5, 0.6) is 0 Å². The van der Waals surface area contributed by atoms with Gasteiger partial charge >= 0.3 is 11.9 Å². The highest BCUT2D eigenvalue weighted by atomic mass is 16.7. The third kappa shape index (κ3) is 7.73. The van der Waals surface area contributed by atoms with E-state index in [1.807, 2.05) is 0 Å². The Balaban J connectivity index is 1.91. The summed E-state index contributed by atoms with van der Waals surface area (Å²) in [6, 6.07) is -0.0433. The molecule has 2 fully saturated rings. The van der Waals surface area contributed by atoms with E-state index in [1.165, 1.54) is 12.0 Å². The molecule has 0 spiro atoms. The maximum atomic E-state index is 12.6. The summed E-state index contributed by atoms with van der Waals surface area (Å²) in [6.45, 7) is 6.32. The number of hydroxylamine groups is 2. The second-order valence-corrected chi connectivity index (χ2v) is 9.52. The Labute approximate surface area is 185 Å². The Bertz CT molecular complexity index is 624. The number of likely N-dealkylation sites (N-methyl/N-ethyl adjacent to an activating group) is 1. The normalized spacial score (nSPS) is 25.7. The summed E-state index contributed by atoms with van der Waals surface area (Å²) in [5.74, 6) is -1.34. The van der Waals surface area contributed by atoms with Crippen LogP contribution in [0.4, 0.5) is 0 Å². The van der Waals surface area contributed by atoms with Crippen molar-refractivity contribution >= 4 is 17.8 Å². The fourth-order valence-corrected chi connectivity index (χ4v) is 3.91. The summed E-state index contributed by atoms with van der Waals surface area (Å²) in [7, 11) is 4.59. The quantitative estimate of drug-likeness (QED) is 0.416. The van der Waals surface area contributed by atoms with Crippen molar-refractivity contribution in [3.8, 4) is 0 Å². The molecule has 1 aliphatic heterocycles. The molecule has 2 atom stereocenters. The lowest BCUT2D eigenvalue weighted by Crippen LogP contribution is -2.49. The van der Waals surface area contributed by atoms with Gasteiger partial charge in [-0.2, -0.15) is 5.06 Å². The molecule has 9 heteroatoms. The molecule has 1 unspecified atom stereocenters. The molecule has 9 nitrogen and oxygen atoms in total. The molecule has 0 aromatic carbocycles. The highest BCUT2D eigenvalue weighted by molar-refractivity contribution is 6.00. The molecule has 0 aromatic rings. The van der Waals surface area contributed by atoms with Gasteiger partial charge in [0.05, 0.1) is 31.8 Å². The van der Waals surface area contributed by atoms with Crippen molar-refractivity contribution in [3.05, 3.63) is 0 Å². The van der Waals surface area contributed by atoms with Crippen molar-refractivity contribution < 1.29 is 33.4 Å². The number of carbonyl (C=O) groups is 3. The first kappa shape index (κ1) is 25.5. The standard InChI is InChI=1S/C22H38N2O7/c1-22(2,3)30-21(27)18(19(25)23(4)5)31-24-13-7-8-16(24)14-29-17-11-9-15(10-12-17)20(26)28-6/h15-18H,7-14H2,1-6H3/t15-,16-,17-,18?/m0/s1. The van der Waals surface area contributed by atoms with Gasteiger partial charge in [-0.05, 0) is 59.3 Å². The first-order chi connectivity index (χ1) is 14.5. The first-order valence-electron chi connectivity index (χ1n) is 11.1. The number of carbonyl (C=O) groups excluding carboxylic acids is 3. The number of hydrogen-bond donors (Lipinski definition) is 0. The molecule has 1 amide bonds. The molecule has 1 heterocycles. The second-order valence-electron chi connectivity index (χ2n) is 9.52. The molecule has 0 aromatic heterocycles. The van der Waals surface area contributed by atoms with E-state index in [9.17, 15) is 14.4 Å². The molecule has 2 aliphatic rings. The second kappa shape index (κ2) is 11.2. The van der Waals surface area contributed by atoms with Crippen molar-refractivity contribution in [2.75, 3.05) is 34.4 Å². The van der Waals surface area contributed by atoms with Gasteiger partial charge in [0.2, 0.25) is 0 Å². The zero-order valence-corrected chi connectivity index (χ0v) is 19.7. The van der Waals surface area contributed by atoms with Crippen molar-refractivity contribution in [1.29, 1.82) is 0 Å². The van der Waals surface area contributed by atoms with Crippen molar-refractivity contribution in [2.45, 2.75) is 83.1 Å². The van der Waals surface area contributed by atoms with Crippen LogP contribution in [0, 0.1) is 5.92 Å². The summed E-state index contributed by atoms with van der Waals surface area (Å²) in [6.07, 6.45) is 3.65. The average molecular weight is 443 g/mol. The summed E-state index contributed by atoms with van der Waals surface area (Å²) < 4.78 is 16.3. The van der Waals surface area contributed by atoms with Crippen molar-refractivity contribution in [3.63, 3.8) is 0 Å². The van der Waals surface area contributed by atoms with Gasteiger partial charge in [-0.25, -0.2) is 4.79 Å². The smallest absolute Gasteiger partial charge is 0.347 e. The Morgan fingerprint density at radius 1 is 1.06 bits per heavy atom. The molecule has 1 aliphatic carbocycles. The third-order valence-corrected chi connectivity index (χ3v) is 5.58. The van der Waals surface area contributed by atoms with E-state index >= 15 is 0 Å². The minimum atomic E-state index is -1.34. The van der Waals surface area contributed by atoms with Gasteiger partial charge in [-0.15, -0.1) is 0 Å². The number of esters is 2. The summed E-state index contributed by atoms with van der Waals surface area (Å²) in [5, 5.41) is 1.69. The summed E-state index contributed by atoms with van der Waals surface area (Å²) in [4.78, 5) is 44.1. The van der Waals surface area contributed by atoms with Crippen LogP contribution in [0.1, 0.15) is 59.3 Å². The molecule has 178 valence electrons. The molecular weight excluding hydrogens is 404 g/mol. The Hall–Kier alpha value is -1.71. The maximum absolute atomic E-state index is 12.6. The van der Waals surface area contributed by atoms with Crippen LogP contribution < -0.4 is 0 Å². The van der Waals surface area contributed by atoms with Gasteiger partial charge in [-0.1, -0.05) is 0 Å². The van der Waals surface area contributed by atoms with E-state index in [-0.39, 0.29) is 24.0 Å². The molecular formula is C22H38N2O7. The third-order valence-electron chi connectivity index (χ3n) is 5.58. The zero-order valence-electron chi connectivity index (χ0n) is 19.7. The van der Waals surface area contributed by atoms with Gasteiger partial charge in [0.25, 0.3) is 12.0 Å². The topological polar surface area (TPSA) is 94.6 Å². The molecule has 2 rings (SSSR count). The lowest BCUT2D eigenvalue weighted by Gasteiger charge is -2.32. The first-order valence-corrected chi connectivity index (χ1v) is 11.1. The zero-order chi connectivity index (χ0) is 23.2. The average Bonchev–Trinajstić information content (AvgIpc) is 3.15. The molecule has 0 bridgehead atoms. The van der Waals surface area contributed by atoms with Crippen LogP contribution in [-0.4, -0.2) is 86.0 Å². The number of hydrogen-bond acceptors (Lipinski definition) is 8. The number of rotatable bonds is 8. The van der Waals surface area contributed by atoms with E-state index in [0.717, 1.165) is 38.5 Å². The maximum Gasteiger partial charge on any atom is 0.347 e. The van der Waals surface area contributed by atoms with Crippen LogP contribution >= 0.6 is 0 Å². The fourth-order valence-electron chi connectivity index (χ4n) is 3.91. The highest BCUT2D eigenvalue weighted by Gasteiger charge is 2.39. The fraction of sp³-hybridized carbons (Fsp3) is 0.864. The van der Waals surface area contributed by atoms with E-state index in [0.29, 0.717) is 13.2 Å². The van der Waals surface area contributed by atoms with Crippen LogP contribution in [0.15, 0.2) is 0 Å². The molecule has 0 radical (unpaired) electrons. The Kier molecular flexibility index (Phi) is 9.27. The summed E-state index contributed by atoms with van der Waals surface area (Å²) >= 11 is 0. The Morgan fingerprint density at radius 2 is 1.71 bits per heavy atom. The van der Waals surface area contributed by atoms with Gasteiger partial charge in [0.1, 0.15) is 5.60 Å². The SMILES string of the molecule is COC(=O)[C@H]1CC[C@H](OC[C@@H]2CCCN2OC(C(=O)OC(C)(C)C)C(=O)N(C)C)CC1. The number of methoxy groups -OCH3 is 1. The van der Waals surface area contributed by atoms with Crippen LogP contribution in [0.2, 0.25) is 0 Å². The summed E-state index contributed by atoms with van der Waals surface area (Å²) in [5.41, 5.74) is -0.720. The lowest BCUT2D eigenvalue weighted by atomic mass is 9.87. The Morgan fingerprint density at radius 3 is 2.26 bits per heavy atom. The van der Waals surface area contributed by atoms with E-state index in [1.54, 1.807) is 39.9 Å². The minimum absolute atomic E-state index is 0.0391. The van der Waals surface area contributed by atoms with Crippen LogP contribution in [-0.2, 0) is 33.4 Å². The van der Waals surface area contributed by atoms with Gasteiger partial charge < -0.3 is 19.1 Å². The van der Waals surface area contributed by atoms with Gasteiger partial charge in [0.15, 0.2) is 0 Å². The lowest BCUT2D eigenvalue weighted by molar-refractivity contribution is -0.230. The van der Waals surface area contributed by atoms with Gasteiger partial charge in [0, 0.05) is 20.6 Å². The largest absolute Gasteiger partial charge is 0.469 e. The molecule has 31 heavy (non-hydrogen) atoms. The van der Waals surface area contributed by atoms with E-state index in [4.69, 9.17) is 19.0 Å². The predicted molar refractivity (Wildman–Crippen MR) is 113 cm³/mol. The van der Waals surface area contributed by atoms with E-state index < -0.39 is 23.6 Å². The van der Waals surface area contributed by atoms with Crippen LogP contribution in [0.3, 0.4) is 0 Å². The number of ether oxygens (including phenoxy) is 3. The minimum Gasteiger partial charge on any atom is -0.469 e. The van der Waals surface area contributed by atoms with E-state index in [2.05, 4.69) is 0 Å².